The third kappa shape index (κ3) is 4.92. The van der Waals surface area contributed by atoms with Crippen LogP contribution >= 0.6 is 11.6 Å². The SMILES string of the molecule is Cc1c2c(nc3c(Cl)ccc(OC4CCCCC4)c13)CCN(C(=O)OC(C)(C)C)CC2. The number of ether oxygens (including phenoxy) is 2. The second-order valence-electron chi connectivity index (χ2n) is 9.78. The number of nitrogens with zero attached hydrogens (tertiary/aromatic N) is 2. The Bertz CT molecular complexity index is 977. The molecule has 5 nitrogen and oxygen atoms in total. The zero-order valence-corrected chi connectivity index (χ0v) is 19.8. The lowest BCUT2D eigenvalue weighted by Crippen LogP contribution is -2.38. The molecule has 1 aromatic carbocycles. The standard InChI is InChI=1S/C25H33ClN2O3/c1-16-18-12-14-28(24(29)31-25(2,3)4)15-13-20(18)27-23-19(26)10-11-21(22(16)23)30-17-8-6-5-7-9-17/h10-11,17H,5-9,12-15H2,1-4H3. The minimum atomic E-state index is -0.502. The highest BCUT2D eigenvalue weighted by atomic mass is 35.5. The molecule has 2 aromatic rings. The maximum absolute atomic E-state index is 12.6. The number of carbonyl (C=O) groups excluding carboxylic acids is 1. The van der Waals surface area contributed by atoms with Crippen LogP contribution in [0.5, 0.6) is 5.75 Å². The number of hydrogen-bond donors (Lipinski definition) is 0. The van der Waals surface area contributed by atoms with Crippen LogP contribution in [0.2, 0.25) is 5.02 Å². The Labute approximate surface area is 190 Å². The van der Waals surface area contributed by atoms with E-state index in [-0.39, 0.29) is 12.2 Å². The Kier molecular flexibility index (Phi) is 6.34. The normalized spacial score (nSPS) is 17.9. The van der Waals surface area contributed by atoms with Crippen LogP contribution in [-0.2, 0) is 17.6 Å². The maximum Gasteiger partial charge on any atom is 0.410 e. The summed E-state index contributed by atoms with van der Waals surface area (Å²) >= 11 is 6.58. The minimum absolute atomic E-state index is 0.262. The topological polar surface area (TPSA) is 51.7 Å². The lowest BCUT2D eigenvalue weighted by molar-refractivity contribution is 0.0258. The van der Waals surface area contributed by atoms with E-state index in [1.165, 1.54) is 30.4 Å². The van der Waals surface area contributed by atoms with E-state index >= 15 is 0 Å². The fourth-order valence-electron chi connectivity index (χ4n) is 4.70. The number of rotatable bonds is 2. The van der Waals surface area contributed by atoms with E-state index in [9.17, 15) is 4.79 Å². The van der Waals surface area contributed by atoms with E-state index in [1.807, 2.05) is 32.9 Å². The van der Waals surface area contributed by atoms with Crippen LogP contribution in [0.1, 0.15) is 69.7 Å². The third-order valence-corrected chi connectivity index (χ3v) is 6.57. The Morgan fingerprint density at radius 3 is 2.55 bits per heavy atom. The minimum Gasteiger partial charge on any atom is -0.490 e. The molecule has 0 saturated heterocycles. The molecule has 0 radical (unpaired) electrons. The van der Waals surface area contributed by atoms with Crippen LogP contribution in [0.15, 0.2) is 12.1 Å². The fourth-order valence-corrected chi connectivity index (χ4v) is 4.90. The lowest BCUT2D eigenvalue weighted by atomic mass is 9.96. The largest absolute Gasteiger partial charge is 0.490 e. The average Bonchev–Trinajstić information content (AvgIpc) is 2.93. The van der Waals surface area contributed by atoms with Crippen molar-refractivity contribution in [3.8, 4) is 5.75 Å². The molecule has 168 valence electrons. The molecule has 0 N–H and O–H groups in total. The second-order valence-corrected chi connectivity index (χ2v) is 10.2. The number of carbonyl (C=O) groups is 1. The molecular formula is C25H33ClN2O3. The summed E-state index contributed by atoms with van der Waals surface area (Å²) < 4.78 is 12.0. The third-order valence-electron chi connectivity index (χ3n) is 6.26. The molecular weight excluding hydrogens is 412 g/mol. The highest BCUT2D eigenvalue weighted by molar-refractivity contribution is 6.35. The summed E-state index contributed by atoms with van der Waals surface area (Å²) in [6.07, 6.45) is 7.39. The van der Waals surface area contributed by atoms with Crippen LogP contribution in [0.4, 0.5) is 4.79 Å². The van der Waals surface area contributed by atoms with Gasteiger partial charge in [-0.3, -0.25) is 4.98 Å². The quantitative estimate of drug-likeness (QED) is 0.549. The van der Waals surface area contributed by atoms with Gasteiger partial charge < -0.3 is 14.4 Å². The van der Waals surface area contributed by atoms with Gasteiger partial charge in [0.2, 0.25) is 0 Å². The van der Waals surface area contributed by atoms with Gasteiger partial charge in [0.1, 0.15) is 11.4 Å². The predicted molar refractivity (Wildman–Crippen MR) is 124 cm³/mol. The fraction of sp³-hybridized carbons (Fsp3) is 0.600. The first-order valence-corrected chi connectivity index (χ1v) is 11.9. The molecule has 1 saturated carbocycles. The van der Waals surface area contributed by atoms with Crippen molar-refractivity contribution in [3.05, 3.63) is 34.0 Å². The highest BCUT2D eigenvalue weighted by Crippen LogP contribution is 2.37. The van der Waals surface area contributed by atoms with Crippen molar-refractivity contribution in [1.29, 1.82) is 0 Å². The number of halogens is 1. The monoisotopic (exact) mass is 444 g/mol. The molecule has 1 aromatic heterocycles. The number of hydrogen-bond acceptors (Lipinski definition) is 4. The van der Waals surface area contributed by atoms with Crippen molar-refractivity contribution >= 4 is 28.6 Å². The summed E-state index contributed by atoms with van der Waals surface area (Å²) in [5.41, 5.74) is 3.69. The zero-order valence-electron chi connectivity index (χ0n) is 19.1. The van der Waals surface area contributed by atoms with E-state index in [1.54, 1.807) is 4.90 Å². The van der Waals surface area contributed by atoms with Crippen LogP contribution < -0.4 is 4.74 Å². The van der Waals surface area contributed by atoms with E-state index in [0.717, 1.165) is 41.6 Å². The zero-order chi connectivity index (χ0) is 22.2. The maximum atomic E-state index is 12.6. The van der Waals surface area contributed by atoms with Crippen molar-refractivity contribution in [1.82, 2.24) is 9.88 Å². The van der Waals surface area contributed by atoms with E-state index < -0.39 is 5.60 Å². The Hall–Kier alpha value is -2.01. The summed E-state index contributed by atoms with van der Waals surface area (Å²) in [5, 5.41) is 1.66. The molecule has 0 bridgehead atoms. The molecule has 1 fully saturated rings. The number of benzene rings is 1. The summed E-state index contributed by atoms with van der Waals surface area (Å²) in [6, 6.07) is 3.88. The smallest absolute Gasteiger partial charge is 0.410 e. The molecule has 0 spiro atoms. The Morgan fingerprint density at radius 1 is 1.13 bits per heavy atom. The second kappa shape index (κ2) is 8.85. The van der Waals surface area contributed by atoms with Gasteiger partial charge in [-0.05, 0) is 83.1 Å². The molecule has 6 heteroatoms. The summed E-state index contributed by atoms with van der Waals surface area (Å²) in [6.45, 7) is 9.03. The van der Waals surface area contributed by atoms with Crippen molar-refractivity contribution in [2.75, 3.05) is 13.1 Å². The van der Waals surface area contributed by atoms with Gasteiger partial charge in [-0.1, -0.05) is 18.0 Å². The lowest BCUT2D eigenvalue weighted by Gasteiger charge is -2.26. The van der Waals surface area contributed by atoms with Crippen molar-refractivity contribution in [2.24, 2.45) is 0 Å². The average molecular weight is 445 g/mol. The van der Waals surface area contributed by atoms with Gasteiger partial charge in [-0.25, -0.2) is 4.79 Å². The molecule has 0 unspecified atom stereocenters. The molecule has 1 amide bonds. The number of aromatic nitrogens is 1. The summed E-state index contributed by atoms with van der Waals surface area (Å²) in [4.78, 5) is 19.4. The van der Waals surface area contributed by atoms with Gasteiger partial charge in [0, 0.05) is 30.6 Å². The van der Waals surface area contributed by atoms with Crippen molar-refractivity contribution in [2.45, 2.75) is 84.3 Å². The number of pyridine rings is 1. The van der Waals surface area contributed by atoms with Gasteiger partial charge in [0.25, 0.3) is 0 Å². The van der Waals surface area contributed by atoms with Crippen LogP contribution in [0, 0.1) is 6.92 Å². The van der Waals surface area contributed by atoms with Crippen molar-refractivity contribution < 1.29 is 14.3 Å². The van der Waals surface area contributed by atoms with Gasteiger partial charge in [-0.2, -0.15) is 0 Å². The van der Waals surface area contributed by atoms with Gasteiger partial charge in [0.15, 0.2) is 0 Å². The number of aryl methyl sites for hydroxylation is 1. The predicted octanol–water partition coefficient (Wildman–Crippen LogP) is 6.24. The van der Waals surface area contributed by atoms with E-state index in [0.29, 0.717) is 24.5 Å². The van der Waals surface area contributed by atoms with Crippen LogP contribution in [0.3, 0.4) is 0 Å². The highest BCUT2D eigenvalue weighted by Gasteiger charge is 2.27. The first-order valence-electron chi connectivity index (χ1n) is 11.5. The summed E-state index contributed by atoms with van der Waals surface area (Å²) in [5.74, 6) is 0.882. The first kappa shape index (κ1) is 22.2. The molecule has 1 aliphatic carbocycles. The molecule has 0 atom stereocenters. The van der Waals surface area contributed by atoms with E-state index in [2.05, 4.69) is 6.92 Å². The number of fused-ring (bicyclic) bond motifs is 2. The Morgan fingerprint density at radius 2 is 1.84 bits per heavy atom. The Balaban J connectivity index is 1.66. The molecule has 2 heterocycles. The number of amides is 1. The van der Waals surface area contributed by atoms with Gasteiger partial charge in [-0.15, -0.1) is 0 Å². The molecule has 1 aliphatic heterocycles. The van der Waals surface area contributed by atoms with E-state index in [4.69, 9.17) is 26.1 Å². The molecule has 4 rings (SSSR count). The molecule has 31 heavy (non-hydrogen) atoms. The van der Waals surface area contributed by atoms with Crippen molar-refractivity contribution in [3.63, 3.8) is 0 Å². The van der Waals surface area contributed by atoms with Crippen LogP contribution in [0.25, 0.3) is 10.9 Å². The first-order chi connectivity index (χ1) is 14.7. The van der Waals surface area contributed by atoms with Gasteiger partial charge in [0.05, 0.1) is 16.6 Å². The van der Waals surface area contributed by atoms with Gasteiger partial charge >= 0.3 is 6.09 Å². The molecule has 2 aliphatic rings. The summed E-state index contributed by atoms with van der Waals surface area (Å²) in [7, 11) is 0. The van der Waals surface area contributed by atoms with Crippen LogP contribution in [-0.4, -0.2) is 40.8 Å².